The lowest BCUT2D eigenvalue weighted by Gasteiger charge is -1.99. The molecule has 1 fully saturated rings. The Morgan fingerprint density at radius 3 is 1.54 bits per heavy atom. The first kappa shape index (κ1) is 10.0. The largest absolute Gasteiger partial charge is 0.359 e. The van der Waals surface area contributed by atoms with Crippen molar-refractivity contribution in [2.45, 2.75) is 13.8 Å². The molecule has 2 unspecified atom stereocenters. The van der Waals surface area contributed by atoms with Crippen LogP contribution in [0.25, 0.3) is 0 Å². The van der Waals surface area contributed by atoms with Gasteiger partial charge in [-0.1, -0.05) is 13.8 Å². The molecule has 0 aromatic carbocycles. The first-order valence-corrected chi connectivity index (χ1v) is 4.40. The summed E-state index contributed by atoms with van der Waals surface area (Å²) in [6, 6.07) is 0. The third-order valence-electron chi connectivity index (χ3n) is 2.89. The molecule has 0 aromatic rings. The van der Waals surface area contributed by atoms with Gasteiger partial charge < -0.3 is 10.6 Å². The Morgan fingerprint density at radius 2 is 1.31 bits per heavy atom. The highest BCUT2D eigenvalue weighted by molar-refractivity contribution is 5.94. The van der Waals surface area contributed by atoms with E-state index in [0.717, 1.165) is 0 Å². The third-order valence-corrected chi connectivity index (χ3v) is 2.89. The maximum atomic E-state index is 11.3. The molecule has 0 radical (unpaired) electrons. The van der Waals surface area contributed by atoms with Crippen LogP contribution in [-0.4, -0.2) is 25.9 Å². The zero-order valence-electron chi connectivity index (χ0n) is 8.47. The molecule has 13 heavy (non-hydrogen) atoms. The van der Waals surface area contributed by atoms with Crippen molar-refractivity contribution in [2.75, 3.05) is 14.1 Å². The Kier molecular flexibility index (Phi) is 2.32. The van der Waals surface area contributed by atoms with Crippen LogP contribution in [0.2, 0.25) is 0 Å². The molecular formula is C9H16N2O2. The third kappa shape index (κ3) is 1.41. The highest BCUT2D eigenvalue weighted by Crippen LogP contribution is 2.58. The summed E-state index contributed by atoms with van der Waals surface area (Å²) < 4.78 is 0. The van der Waals surface area contributed by atoms with E-state index in [1.54, 1.807) is 14.1 Å². The van der Waals surface area contributed by atoms with Gasteiger partial charge in [0.1, 0.15) is 0 Å². The standard InChI is InChI=1S/C9H16N2O2/c1-9(2)5(7(12)10-3)6(9)8(13)11-4/h5-6H,1-4H3,(H,10,12)(H,11,13). The van der Waals surface area contributed by atoms with E-state index in [1.807, 2.05) is 13.8 Å². The molecule has 0 heterocycles. The lowest BCUT2D eigenvalue weighted by Crippen LogP contribution is -2.26. The van der Waals surface area contributed by atoms with Gasteiger partial charge in [-0.05, 0) is 5.41 Å². The van der Waals surface area contributed by atoms with E-state index in [-0.39, 0.29) is 29.1 Å². The average Bonchev–Trinajstić information content (AvgIpc) is 2.66. The molecule has 2 amide bonds. The number of carbonyl (C=O) groups excluding carboxylic acids is 2. The fourth-order valence-electron chi connectivity index (χ4n) is 1.93. The van der Waals surface area contributed by atoms with E-state index >= 15 is 0 Å². The predicted molar refractivity (Wildman–Crippen MR) is 48.9 cm³/mol. The van der Waals surface area contributed by atoms with E-state index in [2.05, 4.69) is 10.6 Å². The topological polar surface area (TPSA) is 58.2 Å². The maximum absolute atomic E-state index is 11.3. The van der Waals surface area contributed by atoms with Crippen LogP contribution in [0.15, 0.2) is 0 Å². The van der Waals surface area contributed by atoms with Crippen molar-refractivity contribution >= 4 is 11.8 Å². The molecule has 4 heteroatoms. The van der Waals surface area contributed by atoms with Crippen LogP contribution in [0, 0.1) is 17.3 Å². The summed E-state index contributed by atoms with van der Waals surface area (Å²) in [5.41, 5.74) is -0.194. The van der Waals surface area contributed by atoms with Gasteiger partial charge >= 0.3 is 0 Å². The molecule has 74 valence electrons. The molecule has 0 aliphatic heterocycles. The van der Waals surface area contributed by atoms with Gasteiger partial charge in [0.15, 0.2) is 0 Å². The van der Waals surface area contributed by atoms with Crippen molar-refractivity contribution in [1.29, 1.82) is 0 Å². The van der Waals surface area contributed by atoms with Gasteiger partial charge in [-0.25, -0.2) is 0 Å². The Hall–Kier alpha value is -1.06. The van der Waals surface area contributed by atoms with Crippen molar-refractivity contribution < 1.29 is 9.59 Å². The van der Waals surface area contributed by atoms with Gasteiger partial charge in [-0.15, -0.1) is 0 Å². The number of hydrogen-bond acceptors (Lipinski definition) is 2. The summed E-state index contributed by atoms with van der Waals surface area (Å²) in [5.74, 6) is -0.424. The molecule has 0 bridgehead atoms. The molecule has 2 N–H and O–H groups in total. The number of hydrogen-bond donors (Lipinski definition) is 2. The number of nitrogens with one attached hydrogen (secondary N) is 2. The Balaban J connectivity index is 2.71. The fraction of sp³-hybridized carbons (Fsp3) is 0.778. The first-order valence-electron chi connectivity index (χ1n) is 4.40. The number of amides is 2. The van der Waals surface area contributed by atoms with Crippen LogP contribution < -0.4 is 10.6 Å². The fourth-order valence-corrected chi connectivity index (χ4v) is 1.93. The van der Waals surface area contributed by atoms with E-state index in [1.165, 1.54) is 0 Å². The summed E-state index contributed by atoms with van der Waals surface area (Å²) in [6.45, 7) is 3.87. The van der Waals surface area contributed by atoms with Gasteiger partial charge in [0, 0.05) is 14.1 Å². The summed E-state index contributed by atoms with van der Waals surface area (Å²) in [4.78, 5) is 22.7. The second kappa shape index (κ2) is 3.01. The molecule has 0 spiro atoms. The van der Waals surface area contributed by atoms with Crippen LogP contribution in [0.5, 0.6) is 0 Å². The maximum Gasteiger partial charge on any atom is 0.224 e. The molecule has 0 aromatic heterocycles. The summed E-state index contributed by atoms with van der Waals surface area (Å²) >= 11 is 0. The van der Waals surface area contributed by atoms with Crippen molar-refractivity contribution in [3.05, 3.63) is 0 Å². The van der Waals surface area contributed by atoms with Crippen LogP contribution in [-0.2, 0) is 9.59 Å². The van der Waals surface area contributed by atoms with Crippen LogP contribution >= 0.6 is 0 Å². The molecule has 2 atom stereocenters. The molecule has 1 aliphatic carbocycles. The molecule has 1 rings (SSSR count). The molecule has 0 saturated heterocycles. The molecular weight excluding hydrogens is 168 g/mol. The molecule has 1 aliphatic rings. The van der Waals surface area contributed by atoms with Crippen molar-refractivity contribution in [2.24, 2.45) is 17.3 Å². The monoisotopic (exact) mass is 184 g/mol. The zero-order valence-corrected chi connectivity index (χ0v) is 8.47. The minimum atomic E-state index is -0.194. The van der Waals surface area contributed by atoms with E-state index < -0.39 is 0 Å². The van der Waals surface area contributed by atoms with Gasteiger partial charge in [-0.3, -0.25) is 9.59 Å². The quantitative estimate of drug-likeness (QED) is 0.621. The van der Waals surface area contributed by atoms with Crippen LogP contribution in [0.3, 0.4) is 0 Å². The lowest BCUT2D eigenvalue weighted by molar-refractivity contribution is -0.126. The predicted octanol–water partition coefficient (Wildman–Crippen LogP) is -0.249. The van der Waals surface area contributed by atoms with Gasteiger partial charge in [0.05, 0.1) is 11.8 Å². The van der Waals surface area contributed by atoms with E-state index in [9.17, 15) is 9.59 Å². The number of rotatable bonds is 2. The highest BCUT2D eigenvalue weighted by Gasteiger charge is 2.64. The highest BCUT2D eigenvalue weighted by atomic mass is 16.2. The second-order valence-corrected chi connectivity index (χ2v) is 4.01. The Morgan fingerprint density at radius 1 is 1.00 bits per heavy atom. The lowest BCUT2D eigenvalue weighted by atomic mass is 10.1. The summed E-state index contributed by atoms with van der Waals surface area (Å²) in [7, 11) is 3.19. The number of carbonyl (C=O) groups is 2. The van der Waals surface area contributed by atoms with Crippen molar-refractivity contribution in [3.63, 3.8) is 0 Å². The van der Waals surface area contributed by atoms with Crippen molar-refractivity contribution in [1.82, 2.24) is 10.6 Å². The normalized spacial score (nSPS) is 29.2. The zero-order chi connectivity index (χ0) is 10.2. The van der Waals surface area contributed by atoms with Crippen LogP contribution in [0.1, 0.15) is 13.8 Å². The molecule has 4 nitrogen and oxygen atoms in total. The van der Waals surface area contributed by atoms with Gasteiger partial charge in [0.25, 0.3) is 0 Å². The SMILES string of the molecule is CNC(=O)C1C(C(=O)NC)C1(C)C. The first-order chi connectivity index (χ1) is 5.96. The molecule has 1 saturated carbocycles. The van der Waals surface area contributed by atoms with E-state index in [4.69, 9.17) is 0 Å². The van der Waals surface area contributed by atoms with Gasteiger partial charge in [0.2, 0.25) is 11.8 Å². The van der Waals surface area contributed by atoms with E-state index in [0.29, 0.717) is 0 Å². The smallest absolute Gasteiger partial charge is 0.224 e. The van der Waals surface area contributed by atoms with Gasteiger partial charge in [-0.2, -0.15) is 0 Å². The Labute approximate surface area is 78.1 Å². The summed E-state index contributed by atoms with van der Waals surface area (Å²) in [6.07, 6.45) is 0. The summed E-state index contributed by atoms with van der Waals surface area (Å²) in [5, 5.41) is 5.15. The Bertz CT molecular complexity index is 224. The van der Waals surface area contributed by atoms with Crippen LogP contribution in [0.4, 0.5) is 0 Å². The second-order valence-electron chi connectivity index (χ2n) is 4.01. The minimum absolute atomic E-state index is 0.0430. The van der Waals surface area contributed by atoms with Crippen molar-refractivity contribution in [3.8, 4) is 0 Å². The average molecular weight is 184 g/mol. The minimum Gasteiger partial charge on any atom is -0.359 e.